The van der Waals surface area contributed by atoms with Crippen molar-refractivity contribution in [2.75, 3.05) is 19.0 Å². The number of nitrogens with zero attached hydrogens (tertiary/aromatic N) is 3. The van der Waals surface area contributed by atoms with E-state index in [0.717, 1.165) is 12.1 Å². The molecule has 0 saturated carbocycles. The van der Waals surface area contributed by atoms with Crippen LogP contribution in [0.25, 0.3) is 0 Å². The van der Waals surface area contributed by atoms with E-state index >= 15 is 0 Å². The molecular formula is C13H14F2N4O2S. The zero-order valence-electron chi connectivity index (χ0n) is 11.9. The Morgan fingerprint density at radius 2 is 1.91 bits per heavy atom. The van der Waals surface area contributed by atoms with Crippen molar-refractivity contribution in [2.45, 2.75) is 11.4 Å². The lowest BCUT2D eigenvalue weighted by atomic mass is 10.3. The Balaban J connectivity index is 2.16. The maximum absolute atomic E-state index is 13.1. The molecule has 22 heavy (non-hydrogen) atoms. The van der Waals surface area contributed by atoms with E-state index in [2.05, 4.69) is 14.7 Å². The molecule has 0 bridgehead atoms. The third-order valence-electron chi connectivity index (χ3n) is 2.77. The van der Waals surface area contributed by atoms with E-state index < -0.39 is 21.7 Å². The summed E-state index contributed by atoms with van der Waals surface area (Å²) in [5, 5.41) is 0. The van der Waals surface area contributed by atoms with Crippen molar-refractivity contribution >= 4 is 15.8 Å². The molecule has 1 aromatic heterocycles. The SMILES string of the molecule is CN(C)c1ccnc(CNS(=O)(=O)c2ccc(F)c(F)c2)n1. The van der Waals surface area contributed by atoms with Gasteiger partial charge in [0.1, 0.15) is 11.6 Å². The molecule has 0 unspecified atom stereocenters. The molecule has 0 radical (unpaired) electrons. The number of hydrogen-bond acceptors (Lipinski definition) is 5. The Morgan fingerprint density at radius 3 is 2.55 bits per heavy atom. The molecule has 2 rings (SSSR count). The fraction of sp³-hybridized carbons (Fsp3) is 0.231. The zero-order chi connectivity index (χ0) is 16.3. The number of hydrogen-bond donors (Lipinski definition) is 1. The number of benzene rings is 1. The molecular weight excluding hydrogens is 314 g/mol. The summed E-state index contributed by atoms with van der Waals surface area (Å²) in [6.45, 7) is -0.164. The van der Waals surface area contributed by atoms with Gasteiger partial charge >= 0.3 is 0 Å². The summed E-state index contributed by atoms with van der Waals surface area (Å²) in [6.07, 6.45) is 1.50. The van der Waals surface area contributed by atoms with Gasteiger partial charge in [0.05, 0.1) is 11.4 Å². The third-order valence-corrected chi connectivity index (χ3v) is 4.17. The fourth-order valence-corrected chi connectivity index (χ4v) is 2.60. The summed E-state index contributed by atoms with van der Waals surface area (Å²) in [5.41, 5.74) is 0. The average Bonchev–Trinajstić information content (AvgIpc) is 2.48. The fourth-order valence-electron chi connectivity index (χ4n) is 1.61. The highest BCUT2D eigenvalue weighted by atomic mass is 32.2. The van der Waals surface area contributed by atoms with Crippen molar-refractivity contribution in [1.29, 1.82) is 0 Å². The molecule has 1 N–H and O–H groups in total. The molecule has 0 atom stereocenters. The molecule has 0 aliphatic carbocycles. The van der Waals surface area contributed by atoms with Gasteiger partial charge in [-0.25, -0.2) is 31.9 Å². The van der Waals surface area contributed by atoms with E-state index in [1.165, 1.54) is 6.20 Å². The Labute approximate surface area is 126 Å². The average molecular weight is 328 g/mol. The highest BCUT2D eigenvalue weighted by molar-refractivity contribution is 7.89. The Hall–Kier alpha value is -2.13. The van der Waals surface area contributed by atoms with Gasteiger partial charge in [-0.2, -0.15) is 0 Å². The van der Waals surface area contributed by atoms with Gasteiger partial charge in [-0.3, -0.25) is 0 Å². The summed E-state index contributed by atoms with van der Waals surface area (Å²) in [7, 11) is -0.403. The van der Waals surface area contributed by atoms with Crippen LogP contribution in [0.1, 0.15) is 5.82 Å². The van der Waals surface area contributed by atoms with Gasteiger partial charge in [-0.15, -0.1) is 0 Å². The van der Waals surface area contributed by atoms with E-state index in [1.807, 2.05) is 0 Å². The van der Waals surface area contributed by atoms with Crippen LogP contribution in [-0.2, 0) is 16.6 Å². The molecule has 0 spiro atoms. The van der Waals surface area contributed by atoms with Crippen molar-refractivity contribution in [2.24, 2.45) is 0 Å². The number of anilines is 1. The first-order valence-electron chi connectivity index (χ1n) is 6.23. The summed E-state index contributed by atoms with van der Waals surface area (Å²) in [6, 6.07) is 4.03. The van der Waals surface area contributed by atoms with Gasteiger partial charge in [-0.05, 0) is 24.3 Å². The first-order chi connectivity index (χ1) is 10.3. The molecule has 0 fully saturated rings. The van der Waals surface area contributed by atoms with Gasteiger partial charge in [0.2, 0.25) is 10.0 Å². The quantitative estimate of drug-likeness (QED) is 0.895. The summed E-state index contributed by atoms with van der Waals surface area (Å²) >= 11 is 0. The van der Waals surface area contributed by atoms with Gasteiger partial charge in [-0.1, -0.05) is 0 Å². The lowest BCUT2D eigenvalue weighted by Gasteiger charge is -2.12. The lowest BCUT2D eigenvalue weighted by Crippen LogP contribution is -2.25. The molecule has 0 saturated heterocycles. The molecule has 6 nitrogen and oxygen atoms in total. The first-order valence-corrected chi connectivity index (χ1v) is 7.72. The minimum absolute atomic E-state index is 0.164. The van der Waals surface area contributed by atoms with Crippen LogP contribution in [0.2, 0.25) is 0 Å². The minimum Gasteiger partial charge on any atom is -0.363 e. The standard InChI is InChI=1S/C13H14F2N4O2S/c1-19(2)13-5-6-16-12(18-13)8-17-22(20,21)9-3-4-10(14)11(15)7-9/h3-7,17H,8H2,1-2H3. The van der Waals surface area contributed by atoms with Gasteiger partial charge in [0.25, 0.3) is 0 Å². The van der Waals surface area contributed by atoms with Gasteiger partial charge < -0.3 is 4.90 Å². The molecule has 1 heterocycles. The van der Waals surface area contributed by atoms with Crippen molar-refractivity contribution in [3.8, 4) is 0 Å². The highest BCUT2D eigenvalue weighted by Crippen LogP contribution is 2.14. The molecule has 0 amide bonds. The van der Waals surface area contributed by atoms with Crippen LogP contribution in [0.3, 0.4) is 0 Å². The normalized spacial score (nSPS) is 11.5. The van der Waals surface area contributed by atoms with E-state index in [1.54, 1.807) is 25.1 Å². The Kier molecular flexibility index (Phi) is 4.67. The van der Waals surface area contributed by atoms with Gasteiger partial charge in [0, 0.05) is 20.3 Å². The zero-order valence-corrected chi connectivity index (χ0v) is 12.7. The smallest absolute Gasteiger partial charge is 0.241 e. The van der Waals surface area contributed by atoms with Crippen molar-refractivity contribution in [3.05, 3.63) is 47.9 Å². The molecule has 9 heteroatoms. The van der Waals surface area contributed by atoms with Crippen LogP contribution in [0.15, 0.2) is 35.4 Å². The summed E-state index contributed by atoms with van der Waals surface area (Å²) < 4.78 is 52.2. The van der Waals surface area contributed by atoms with Crippen molar-refractivity contribution < 1.29 is 17.2 Å². The van der Waals surface area contributed by atoms with Crippen LogP contribution in [0.5, 0.6) is 0 Å². The second-order valence-corrected chi connectivity index (χ2v) is 6.39. The number of sulfonamides is 1. The van der Waals surface area contributed by atoms with E-state index in [9.17, 15) is 17.2 Å². The Bertz CT molecular complexity index is 781. The minimum atomic E-state index is -3.98. The molecule has 1 aromatic carbocycles. The third kappa shape index (κ3) is 3.74. The largest absolute Gasteiger partial charge is 0.363 e. The predicted octanol–water partition coefficient (Wildman–Crippen LogP) is 1.30. The monoisotopic (exact) mass is 328 g/mol. The second-order valence-electron chi connectivity index (χ2n) is 4.63. The number of rotatable bonds is 5. The van der Waals surface area contributed by atoms with Crippen LogP contribution in [-0.4, -0.2) is 32.5 Å². The van der Waals surface area contributed by atoms with Crippen LogP contribution in [0.4, 0.5) is 14.6 Å². The molecule has 2 aromatic rings. The van der Waals surface area contributed by atoms with E-state index in [4.69, 9.17) is 0 Å². The summed E-state index contributed by atoms with van der Waals surface area (Å²) in [5.74, 6) is -1.45. The van der Waals surface area contributed by atoms with E-state index in [-0.39, 0.29) is 17.3 Å². The first kappa shape index (κ1) is 16.2. The van der Waals surface area contributed by atoms with E-state index in [0.29, 0.717) is 11.9 Å². The predicted molar refractivity (Wildman–Crippen MR) is 76.7 cm³/mol. The highest BCUT2D eigenvalue weighted by Gasteiger charge is 2.17. The topological polar surface area (TPSA) is 75.2 Å². The molecule has 0 aliphatic rings. The maximum atomic E-state index is 13.1. The number of nitrogens with one attached hydrogen (secondary N) is 1. The van der Waals surface area contributed by atoms with Gasteiger partial charge in [0.15, 0.2) is 11.6 Å². The van der Waals surface area contributed by atoms with Crippen molar-refractivity contribution in [1.82, 2.24) is 14.7 Å². The Morgan fingerprint density at radius 1 is 1.18 bits per heavy atom. The van der Waals surface area contributed by atoms with Crippen LogP contribution < -0.4 is 9.62 Å². The van der Waals surface area contributed by atoms with Crippen molar-refractivity contribution in [3.63, 3.8) is 0 Å². The van der Waals surface area contributed by atoms with Crippen LogP contribution in [0, 0.1) is 11.6 Å². The second kappa shape index (κ2) is 6.32. The molecule has 0 aliphatic heterocycles. The number of halogens is 2. The summed E-state index contributed by atoms with van der Waals surface area (Å²) in [4.78, 5) is 9.49. The number of aromatic nitrogens is 2. The lowest BCUT2D eigenvalue weighted by molar-refractivity contribution is 0.504. The van der Waals surface area contributed by atoms with Crippen LogP contribution >= 0.6 is 0 Å². The molecule has 118 valence electrons. The maximum Gasteiger partial charge on any atom is 0.241 e.